The average Bonchev–Trinajstić information content (AvgIpc) is 2.40. The van der Waals surface area contributed by atoms with Crippen LogP contribution in [0.1, 0.15) is 17.0 Å². The zero-order chi connectivity index (χ0) is 14.9. The van der Waals surface area contributed by atoms with Crippen LogP contribution in [0.2, 0.25) is 0 Å². The summed E-state index contributed by atoms with van der Waals surface area (Å²) in [6, 6.07) is 4.90. The van der Waals surface area contributed by atoms with Gasteiger partial charge in [-0.1, -0.05) is 12.1 Å². The Hall–Kier alpha value is -2.11. The van der Waals surface area contributed by atoms with Gasteiger partial charge in [-0.05, 0) is 26.0 Å². The number of nitrogens with one attached hydrogen (secondary N) is 1. The first-order chi connectivity index (χ1) is 9.32. The van der Waals surface area contributed by atoms with Crippen LogP contribution in [0, 0.1) is 13.8 Å². The van der Waals surface area contributed by atoms with E-state index in [9.17, 15) is 13.2 Å². The highest BCUT2D eigenvalue weighted by Gasteiger charge is 2.30. The van der Waals surface area contributed by atoms with Crippen LogP contribution in [-0.2, 0) is 6.18 Å². The van der Waals surface area contributed by atoms with Crippen LogP contribution in [0.15, 0.2) is 24.3 Å². The number of benzene rings is 1. The van der Waals surface area contributed by atoms with Gasteiger partial charge >= 0.3 is 6.18 Å². The van der Waals surface area contributed by atoms with Crippen LogP contribution in [-0.4, -0.2) is 17.0 Å². The van der Waals surface area contributed by atoms with Crippen LogP contribution in [0.25, 0.3) is 11.3 Å². The number of aromatic nitrogens is 2. The first-order valence-electron chi connectivity index (χ1n) is 6.03. The summed E-state index contributed by atoms with van der Waals surface area (Å²) < 4.78 is 37.6. The molecule has 3 nitrogen and oxygen atoms in total. The van der Waals surface area contributed by atoms with E-state index < -0.39 is 11.7 Å². The van der Waals surface area contributed by atoms with E-state index in [4.69, 9.17) is 0 Å². The van der Waals surface area contributed by atoms with Crippen molar-refractivity contribution in [2.75, 3.05) is 12.4 Å². The third-order valence-electron chi connectivity index (χ3n) is 3.03. The molecule has 20 heavy (non-hydrogen) atoms. The predicted molar refractivity (Wildman–Crippen MR) is 71.5 cm³/mol. The quantitative estimate of drug-likeness (QED) is 0.909. The van der Waals surface area contributed by atoms with E-state index >= 15 is 0 Å². The Labute approximate surface area is 114 Å². The fourth-order valence-corrected chi connectivity index (χ4v) is 1.80. The molecule has 0 atom stereocenters. The van der Waals surface area contributed by atoms with Crippen molar-refractivity contribution in [3.05, 3.63) is 41.2 Å². The lowest BCUT2D eigenvalue weighted by Crippen LogP contribution is -2.05. The van der Waals surface area contributed by atoms with E-state index in [1.165, 1.54) is 12.1 Å². The average molecular weight is 281 g/mol. The lowest BCUT2D eigenvalue weighted by molar-refractivity contribution is -0.137. The fraction of sp³-hybridized carbons (Fsp3) is 0.286. The molecule has 1 aromatic heterocycles. The van der Waals surface area contributed by atoms with E-state index in [2.05, 4.69) is 15.3 Å². The SMILES string of the molecule is CNc1nc(C)c(C)nc1-c1ccc(C(F)(F)F)cc1. The predicted octanol–water partition coefficient (Wildman–Crippen LogP) is 3.82. The highest BCUT2D eigenvalue weighted by molar-refractivity contribution is 5.71. The number of aryl methyl sites for hydroxylation is 2. The van der Waals surface area contributed by atoms with Crippen LogP contribution >= 0.6 is 0 Å². The minimum Gasteiger partial charge on any atom is -0.371 e. The summed E-state index contributed by atoms with van der Waals surface area (Å²) in [5.74, 6) is 0.549. The van der Waals surface area contributed by atoms with Gasteiger partial charge in [0.25, 0.3) is 0 Å². The normalized spacial score (nSPS) is 11.5. The first-order valence-corrected chi connectivity index (χ1v) is 6.03. The van der Waals surface area contributed by atoms with Gasteiger partial charge in [0.15, 0.2) is 5.82 Å². The molecule has 106 valence electrons. The second-order valence-electron chi connectivity index (χ2n) is 4.42. The molecule has 0 amide bonds. The van der Waals surface area contributed by atoms with E-state index in [0.29, 0.717) is 17.1 Å². The van der Waals surface area contributed by atoms with Gasteiger partial charge in [0.2, 0.25) is 0 Å². The van der Waals surface area contributed by atoms with Gasteiger partial charge in [-0.3, -0.25) is 0 Å². The zero-order valence-electron chi connectivity index (χ0n) is 11.3. The number of nitrogens with zero attached hydrogens (tertiary/aromatic N) is 2. The Morgan fingerprint density at radius 1 is 0.950 bits per heavy atom. The maximum Gasteiger partial charge on any atom is 0.416 e. The molecular formula is C14H14F3N3. The Morgan fingerprint density at radius 3 is 2.00 bits per heavy atom. The molecule has 0 aliphatic heterocycles. The molecule has 2 aromatic rings. The number of hydrogen-bond donors (Lipinski definition) is 1. The zero-order valence-corrected chi connectivity index (χ0v) is 11.3. The minimum atomic E-state index is -4.33. The molecule has 6 heteroatoms. The molecule has 1 aromatic carbocycles. The number of anilines is 1. The molecule has 0 saturated carbocycles. The Bertz CT molecular complexity index is 619. The Morgan fingerprint density at radius 2 is 1.50 bits per heavy atom. The van der Waals surface area contributed by atoms with Crippen molar-refractivity contribution in [2.24, 2.45) is 0 Å². The summed E-state index contributed by atoms with van der Waals surface area (Å²) in [5.41, 5.74) is 2.00. The molecule has 0 fully saturated rings. The molecule has 0 radical (unpaired) electrons. The molecule has 0 aliphatic rings. The summed E-state index contributed by atoms with van der Waals surface area (Å²) in [7, 11) is 1.70. The standard InChI is InChI=1S/C14H14F3N3/c1-8-9(2)20-13(18-3)12(19-8)10-4-6-11(7-5-10)14(15,16)17/h4-7H,1-3H3,(H,18,20). The minimum absolute atomic E-state index is 0.546. The van der Waals surface area contributed by atoms with Crippen molar-refractivity contribution in [2.45, 2.75) is 20.0 Å². The maximum atomic E-state index is 12.5. The smallest absolute Gasteiger partial charge is 0.371 e. The monoisotopic (exact) mass is 281 g/mol. The molecule has 1 heterocycles. The summed E-state index contributed by atoms with van der Waals surface area (Å²) in [6.45, 7) is 3.65. The van der Waals surface area contributed by atoms with Gasteiger partial charge in [0.05, 0.1) is 17.0 Å². The molecule has 0 bridgehead atoms. The third-order valence-corrected chi connectivity index (χ3v) is 3.03. The van der Waals surface area contributed by atoms with Crippen molar-refractivity contribution in [3.8, 4) is 11.3 Å². The lowest BCUT2D eigenvalue weighted by Gasteiger charge is -2.12. The number of hydrogen-bond acceptors (Lipinski definition) is 3. The van der Waals surface area contributed by atoms with Gasteiger partial charge in [0, 0.05) is 12.6 Å². The lowest BCUT2D eigenvalue weighted by atomic mass is 10.1. The Kier molecular flexibility index (Phi) is 3.65. The van der Waals surface area contributed by atoms with E-state index in [1.807, 2.05) is 13.8 Å². The highest BCUT2D eigenvalue weighted by Crippen LogP contribution is 2.32. The maximum absolute atomic E-state index is 12.5. The van der Waals surface area contributed by atoms with Crippen molar-refractivity contribution in [1.29, 1.82) is 0 Å². The molecule has 2 rings (SSSR count). The van der Waals surface area contributed by atoms with Crippen molar-refractivity contribution < 1.29 is 13.2 Å². The van der Waals surface area contributed by atoms with Gasteiger partial charge in [-0.15, -0.1) is 0 Å². The molecule has 1 N–H and O–H groups in total. The summed E-state index contributed by atoms with van der Waals surface area (Å²) in [4.78, 5) is 8.74. The molecular weight excluding hydrogens is 267 g/mol. The number of rotatable bonds is 2. The number of alkyl halides is 3. The van der Waals surface area contributed by atoms with Crippen LogP contribution in [0.3, 0.4) is 0 Å². The summed E-state index contributed by atoms with van der Waals surface area (Å²) in [6.07, 6.45) is -4.33. The summed E-state index contributed by atoms with van der Waals surface area (Å²) >= 11 is 0. The van der Waals surface area contributed by atoms with Gasteiger partial charge in [-0.2, -0.15) is 13.2 Å². The molecule has 0 aliphatic carbocycles. The summed E-state index contributed by atoms with van der Waals surface area (Å²) in [5, 5.41) is 2.91. The largest absolute Gasteiger partial charge is 0.416 e. The van der Waals surface area contributed by atoms with Gasteiger partial charge in [-0.25, -0.2) is 9.97 Å². The molecule has 0 unspecified atom stereocenters. The van der Waals surface area contributed by atoms with Crippen LogP contribution < -0.4 is 5.32 Å². The topological polar surface area (TPSA) is 37.8 Å². The van der Waals surface area contributed by atoms with E-state index in [1.54, 1.807) is 7.05 Å². The van der Waals surface area contributed by atoms with Crippen molar-refractivity contribution >= 4 is 5.82 Å². The Balaban J connectivity index is 2.49. The van der Waals surface area contributed by atoms with Crippen molar-refractivity contribution in [3.63, 3.8) is 0 Å². The second-order valence-corrected chi connectivity index (χ2v) is 4.42. The second kappa shape index (κ2) is 5.11. The van der Waals surface area contributed by atoms with Crippen LogP contribution in [0.5, 0.6) is 0 Å². The molecule has 0 spiro atoms. The molecule has 0 saturated heterocycles. The van der Waals surface area contributed by atoms with Gasteiger partial charge in [0.1, 0.15) is 5.69 Å². The highest BCUT2D eigenvalue weighted by atomic mass is 19.4. The third kappa shape index (κ3) is 2.74. The fourth-order valence-electron chi connectivity index (χ4n) is 1.80. The van der Waals surface area contributed by atoms with E-state index in [0.717, 1.165) is 23.5 Å². The van der Waals surface area contributed by atoms with E-state index in [-0.39, 0.29) is 0 Å². The van der Waals surface area contributed by atoms with Gasteiger partial charge < -0.3 is 5.32 Å². The first kappa shape index (κ1) is 14.3. The number of halogens is 3. The van der Waals surface area contributed by atoms with Crippen LogP contribution in [0.4, 0.5) is 19.0 Å². The van der Waals surface area contributed by atoms with Crippen molar-refractivity contribution in [1.82, 2.24) is 9.97 Å².